The molecule has 1 aromatic carbocycles. The van der Waals surface area contributed by atoms with Crippen LogP contribution in [0.2, 0.25) is 0 Å². The van der Waals surface area contributed by atoms with Crippen LogP contribution in [0.3, 0.4) is 0 Å². The van der Waals surface area contributed by atoms with Crippen LogP contribution < -0.4 is 0 Å². The lowest BCUT2D eigenvalue weighted by Gasteiger charge is -1.81. The van der Waals surface area contributed by atoms with Crippen LogP contribution in [-0.2, 0) is 0 Å². The fraction of sp³-hybridized carbons (Fsp3) is 0.0172. The van der Waals surface area contributed by atoms with Gasteiger partial charge in [0.15, 0.2) is 19.2 Å². The third kappa shape index (κ3) is 51.9. The maximum atomic E-state index is 4.58. The smallest absolute Gasteiger partial charge is 0.180 e. The molecule has 16 rings (SSSR count). The zero-order chi connectivity index (χ0) is 58.4. The highest BCUT2D eigenvalue weighted by Crippen LogP contribution is 2.05. The summed E-state index contributed by atoms with van der Waals surface area (Å²) < 4.78 is 18.0. The molecule has 424 valence electrons. The molecule has 0 aliphatic carbocycles. The van der Waals surface area contributed by atoms with Gasteiger partial charge >= 0.3 is 0 Å². The number of pyridine rings is 1. The Morgan fingerprint density at radius 2 is 0.916 bits per heavy atom. The summed E-state index contributed by atoms with van der Waals surface area (Å²) in [5.74, 6) is 0. The molecular weight excluding hydrogens is 1070 g/mol. The molecule has 15 heterocycles. The Morgan fingerprint density at radius 1 is 0.373 bits per heavy atom. The van der Waals surface area contributed by atoms with E-state index in [4.69, 9.17) is 0 Å². The maximum absolute atomic E-state index is 4.58. The lowest BCUT2D eigenvalue weighted by molar-refractivity contribution is 0.557. The van der Waals surface area contributed by atoms with Crippen molar-refractivity contribution in [2.75, 3.05) is 0 Å². The van der Waals surface area contributed by atoms with Gasteiger partial charge in [0.1, 0.15) is 31.4 Å². The Kier molecular flexibility index (Phi) is 47.9. The number of fused-ring (bicyclic) bond motifs is 1. The van der Waals surface area contributed by atoms with Crippen LogP contribution in [-0.4, -0.2) is 101 Å². The number of hydrogen-bond donors (Lipinski definition) is 5. The van der Waals surface area contributed by atoms with E-state index in [0.29, 0.717) is 0 Å². The lowest BCUT2D eigenvalue weighted by Crippen LogP contribution is -1.66. The zero-order valence-corrected chi connectivity index (χ0v) is 45.5. The Balaban J connectivity index is 0.000000305. The molecule has 1 aliphatic rings. The van der Waals surface area contributed by atoms with Crippen LogP contribution >= 0.6 is 11.3 Å². The second-order valence-corrected chi connectivity index (χ2v) is 14.2. The van der Waals surface area contributed by atoms with Gasteiger partial charge in [-0.2, -0.15) is 16.4 Å². The molecular formula is C58H62N20O4S. The normalized spacial score (nSPS) is 8.82. The van der Waals surface area contributed by atoms with Crippen LogP contribution in [0.4, 0.5) is 0 Å². The topological polar surface area (TPSA) is 324 Å². The number of thiophene rings is 1. The number of nitrogens with zero attached hydrogens (tertiary/aromatic N) is 15. The predicted molar refractivity (Wildman–Crippen MR) is 318 cm³/mol. The van der Waals surface area contributed by atoms with Gasteiger partial charge in [0.05, 0.1) is 61.1 Å². The molecule has 24 nitrogen and oxygen atoms in total. The van der Waals surface area contributed by atoms with Gasteiger partial charge in [-0.1, -0.05) is 36.4 Å². The number of imidazole rings is 3. The molecule has 25 heteroatoms. The summed E-state index contributed by atoms with van der Waals surface area (Å²) in [4.78, 5) is 63.1. The van der Waals surface area contributed by atoms with E-state index in [2.05, 4.69) is 118 Å². The number of hydrogen-bond acceptors (Lipinski definition) is 20. The Labute approximate surface area is 483 Å². The van der Waals surface area contributed by atoms with E-state index < -0.39 is 0 Å². The number of furan rings is 1. The standard InChI is InChI=1S/C7H6N2.C5H5N.3C4H4N2.2C4H5N.C4H4O.C4H4S.3C3H4N2.3C3H3NO/c1-2-4-7-6(3-1)8-5-9-7;1-2-4-6-5-3-1;1-2-6-4-3-5-1;2*1-2-5-4-6-3-1;4*1-2-4-5-3-1;2*1-2-5-3-4-1;1-2-4-5-3-1;3*1-2-5-3-4-1/h1-5H,(H,8,9);1-5H;3*1-4H;1,3-4H,2H2;1-5H;2*1-4H;3*1-3H,(H,4,5);3*1-3H. The Bertz CT molecular complexity index is 2450. The summed E-state index contributed by atoms with van der Waals surface area (Å²) in [6.07, 6.45) is 62.3. The molecule has 0 fully saturated rings. The highest BCUT2D eigenvalue weighted by atomic mass is 32.1. The average Bonchev–Trinajstić information content (AvgIpc) is 4.41. The summed E-state index contributed by atoms with van der Waals surface area (Å²) in [6.45, 7) is 0. The second-order valence-electron chi connectivity index (χ2n) is 13.4. The van der Waals surface area contributed by atoms with E-state index in [-0.39, 0.29) is 0 Å². The fourth-order valence-electron chi connectivity index (χ4n) is 4.16. The number of benzene rings is 1. The third-order valence-electron chi connectivity index (χ3n) is 7.47. The number of para-hydroxylation sites is 2. The number of aromatic nitrogens is 19. The molecule has 0 radical (unpaired) electrons. The minimum Gasteiger partial charge on any atom is -0.473 e. The van der Waals surface area contributed by atoms with Gasteiger partial charge in [0.25, 0.3) is 0 Å². The van der Waals surface area contributed by atoms with Crippen molar-refractivity contribution in [2.24, 2.45) is 4.99 Å². The van der Waals surface area contributed by atoms with Crippen molar-refractivity contribution in [3.63, 3.8) is 0 Å². The van der Waals surface area contributed by atoms with E-state index >= 15 is 0 Å². The average molecular weight is 1140 g/mol. The van der Waals surface area contributed by atoms with E-state index in [1.54, 1.807) is 179 Å². The van der Waals surface area contributed by atoms with Crippen LogP contribution in [0, 0.1) is 0 Å². The SMILES string of the molecule is C1=CN=CC1.c1c[nH]cn1.c1c[nH]cn1.c1cc[nH]c1.c1ccc2[nH]cnc2c1.c1ccncc1.c1ccoc1.c1ccsc1.c1cn[nH]c1.c1cnccn1.c1cncnc1.c1cncnc1.c1cocn1.c1cocn1.c1cocn1. The number of rotatable bonds is 0. The molecule has 5 N–H and O–H groups in total. The molecule has 0 spiro atoms. The monoisotopic (exact) mass is 1130 g/mol. The van der Waals surface area contributed by atoms with Crippen LogP contribution in [0.1, 0.15) is 6.42 Å². The Morgan fingerprint density at radius 3 is 1.13 bits per heavy atom. The summed E-state index contributed by atoms with van der Waals surface area (Å²) in [6, 6.07) is 30.6. The summed E-state index contributed by atoms with van der Waals surface area (Å²) in [7, 11) is 0. The maximum Gasteiger partial charge on any atom is 0.180 e. The van der Waals surface area contributed by atoms with E-state index in [1.165, 1.54) is 50.6 Å². The van der Waals surface area contributed by atoms with Gasteiger partial charge in [-0.3, -0.25) is 25.0 Å². The van der Waals surface area contributed by atoms with E-state index in [0.717, 1.165) is 17.5 Å². The van der Waals surface area contributed by atoms with Gasteiger partial charge in [0.2, 0.25) is 0 Å². The number of nitrogens with one attached hydrogen (secondary N) is 5. The van der Waals surface area contributed by atoms with Gasteiger partial charge in [0, 0.05) is 130 Å². The molecule has 15 aromatic rings. The molecule has 0 saturated heterocycles. The van der Waals surface area contributed by atoms with Crippen molar-refractivity contribution in [3.05, 3.63) is 332 Å². The van der Waals surface area contributed by atoms with Crippen LogP contribution in [0.15, 0.2) is 355 Å². The number of H-pyrrole nitrogens is 5. The quantitative estimate of drug-likeness (QED) is 0.0942. The van der Waals surface area contributed by atoms with Gasteiger partial charge in [-0.05, 0) is 77.5 Å². The van der Waals surface area contributed by atoms with Gasteiger partial charge in [-0.25, -0.2) is 49.8 Å². The van der Waals surface area contributed by atoms with Crippen molar-refractivity contribution in [2.45, 2.75) is 6.42 Å². The van der Waals surface area contributed by atoms with Gasteiger partial charge < -0.3 is 37.6 Å². The largest absolute Gasteiger partial charge is 0.473 e. The number of aromatic amines is 5. The first-order valence-corrected chi connectivity index (χ1v) is 25.2. The second kappa shape index (κ2) is 59.3. The fourth-order valence-corrected chi connectivity index (χ4v) is 4.61. The first kappa shape index (κ1) is 67.1. The van der Waals surface area contributed by atoms with Crippen molar-refractivity contribution in [1.29, 1.82) is 0 Å². The number of allylic oxidation sites excluding steroid dienone is 1. The van der Waals surface area contributed by atoms with Crippen molar-refractivity contribution in [3.8, 4) is 0 Å². The van der Waals surface area contributed by atoms with Crippen molar-refractivity contribution < 1.29 is 17.7 Å². The molecule has 0 bridgehead atoms. The molecule has 0 unspecified atom stereocenters. The number of oxazole rings is 3. The number of aliphatic imine (C=N–C) groups is 1. The van der Waals surface area contributed by atoms with Crippen LogP contribution in [0.25, 0.3) is 11.0 Å². The first-order chi connectivity index (χ1) is 41.5. The van der Waals surface area contributed by atoms with Crippen LogP contribution in [0.5, 0.6) is 0 Å². The lowest BCUT2D eigenvalue weighted by atomic mass is 10.3. The molecule has 0 amide bonds. The summed E-state index contributed by atoms with van der Waals surface area (Å²) in [5.41, 5.74) is 2.12. The molecule has 1 aliphatic heterocycles. The van der Waals surface area contributed by atoms with E-state index in [9.17, 15) is 0 Å². The minimum absolute atomic E-state index is 1.03. The minimum atomic E-state index is 1.03. The molecule has 0 saturated carbocycles. The summed E-state index contributed by atoms with van der Waals surface area (Å²) >= 11 is 1.71. The molecule has 14 aromatic heterocycles. The molecule has 83 heavy (non-hydrogen) atoms. The molecule has 0 atom stereocenters. The van der Waals surface area contributed by atoms with Crippen molar-refractivity contribution in [1.82, 2.24) is 94.9 Å². The van der Waals surface area contributed by atoms with E-state index in [1.807, 2.05) is 120 Å². The summed E-state index contributed by atoms with van der Waals surface area (Å²) in [5, 5.41) is 10.3. The Hall–Kier alpha value is -12.0. The third-order valence-corrected chi connectivity index (χ3v) is 8.10. The first-order valence-electron chi connectivity index (χ1n) is 24.2. The highest BCUT2D eigenvalue weighted by Gasteiger charge is 1.88. The predicted octanol–water partition coefficient (Wildman–Crippen LogP) is 12.3. The highest BCUT2D eigenvalue weighted by molar-refractivity contribution is 7.07. The van der Waals surface area contributed by atoms with Gasteiger partial charge in [-0.15, -0.1) is 0 Å². The zero-order valence-electron chi connectivity index (χ0n) is 44.7. The van der Waals surface area contributed by atoms with Crippen molar-refractivity contribution >= 4 is 28.6 Å².